The summed E-state index contributed by atoms with van der Waals surface area (Å²) in [6.07, 6.45) is 7.20. The number of amides is 4. The number of hydrogen-bond donors (Lipinski definition) is 4. The van der Waals surface area contributed by atoms with Crippen LogP contribution in [0.3, 0.4) is 0 Å². The SMILES string of the molecule is CCCCCCCCN(CCNC(=O)Nc1ccc(OC)c(OC)c1)CCNC(=O)Nc1ccc(OC)c(OC)c1. The summed E-state index contributed by atoms with van der Waals surface area (Å²) >= 11 is 0. The minimum absolute atomic E-state index is 0.302. The minimum atomic E-state index is -0.302. The van der Waals surface area contributed by atoms with Gasteiger partial charge in [-0.05, 0) is 37.2 Å². The fourth-order valence-corrected chi connectivity index (χ4v) is 4.28. The summed E-state index contributed by atoms with van der Waals surface area (Å²) in [5.74, 6) is 2.26. The van der Waals surface area contributed by atoms with E-state index in [-0.39, 0.29) is 12.1 Å². The van der Waals surface area contributed by atoms with E-state index in [0.29, 0.717) is 60.6 Å². The van der Waals surface area contributed by atoms with Gasteiger partial charge in [0.25, 0.3) is 0 Å². The third-order valence-electron chi connectivity index (χ3n) is 6.54. The molecule has 0 heterocycles. The summed E-state index contributed by atoms with van der Waals surface area (Å²) in [6.45, 7) is 5.36. The molecule has 0 saturated carbocycles. The van der Waals surface area contributed by atoms with Gasteiger partial charge in [0.1, 0.15) is 0 Å². The number of anilines is 2. The van der Waals surface area contributed by atoms with E-state index < -0.39 is 0 Å². The van der Waals surface area contributed by atoms with Crippen LogP contribution in [0.5, 0.6) is 23.0 Å². The second-order valence-corrected chi connectivity index (χ2v) is 9.51. The minimum Gasteiger partial charge on any atom is -0.493 e. The van der Waals surface area contributed by atoms with Gasteiger partial charge in [-0.2, -0.15) is 0 Å². The van der Waals surface area contributed by atoms with Gasteiger partial charge >= 0.3 is 12.1 Å². The molecular formula is C30H47N5O6. The fourth-order valence-electron chi connectivity index (χ4n) is 4.28. The molecule has 0 unspecified atom stereocenters. The molecule has 228 valence electrons. The Morgan fingerprint density at radius 3 is 1.49 bits per heavy atom. The van der Waals surface area contributed by atoms with Crippen LogP contribution >= 0.6 is 0 Å². The summed E-state index contributed by atoms with van der Waals surface area (Å²) in [6, 6.07) is 9.81. The first kappa shape index (κ1) is 33.3. The number of rotatable bonds is 19. The Hall–Kier alpha value is -3.86. The van der Waals surface area contributed by atoms with Crippen LogP contribution in [0.2, 0.25) is 0 Å². The van der Waals surface area contributed by atoms with E-state index in [1.165, 1.54) is 25.7 Å². The van der Waals surface area contributed by atoms with Gasteiger partial charge < -0.3 is 40.2 Å². The van der Waals surface area contributed by atoms with E-state index in [9.17, 15) is 9.59 Å². The number of hydrogen-bond acceptors (Lipinski definition) is 7. The van der Waals surface area contributed by atoms with Gasteiger partial charge in [0, 0.05) is 49.7 Å². The number of methoxy groups -OCH3 is 4. The maximum absolute atomic E-state index is 12.5. The maximum atomic E-state index is 12.5. The van der Waals surface area contributed by atoms with Crippen molar-refractivity contribution in [2.45, 2.75) is 45.4 Å². The Balaban J connectivity index is 1.82. The Morgan fingerprint density at radius 2 is 1.05 bits per heavy atom. The zero-order chi connectivity index (χ0) is 29.9. The Kier molecular flexibility index (Phi) is 15.7. The quantitative estimate of drug-likeness (QED) is 0.168. The standard InChI is InChI=1S/C30H47N5O6/c1-6-7-8-9-10-11-18-35(19-16-31-29(36)33-23-12-14-25(38-2)27(21-23)40-4)20-17-32-30(37)34-24-13-15-26(39-3)28(22-24)41-5/h12-15,21-22H,6-11,16-20H2,1-5H3,(H2,31,33,36)(H2,32,34,37). The molecule has 0 aliphatic carbocycles. The molecule has 0 atom stereocenters. The van der Waals surface area contributed by atoms with Crippen LogP contribution in [-0.2, 0) is 0 Å². The van der Waals surface area contributed by atoms with Gasteiger partial charge in [0.15, 0.2) is 23.0 Å². The second-order valence-electron chi connectivity index (χ2n) is 9.51. The summed E-state index contributed by atoms with van der Waals surface area (Å²) in [5, 5.41) is 11.5. The highest BCUT2D eigenvalue weighted by atomic mass is 16.5. The van der Waals surface area contributed by atoms with Crippen molar-refractivity contribution in [3.05, 3.63) is 36.4 Å². The molecule has 0 bridgehead atoms. The molecule has 41 heavy (non-hydrogen) atoms. The van der Waals surface area contributed by atoms with Gasteiger partial charge in [-0.15, -0.1) is 0 Å². The van der Waals surface area contributed by atoms with Crippen molar-refractivity contribution in [1.82, 2.24) is 15.5 Å². The van der Waals surface area contributed by atoms with E-state index in [1.54, 1.807) is 64.8 Å². The summed E-state index contributed by atoms with van der Waals surface area (Å²) in [5.41, 5.74) is 1.21. The number of nitrogens with one attached hydrogen (secondary N) is 4. The zero-order valence-electron chi connectivity index (χ0n) is 25.1. The van der Waals surface area contributed by atoms with Crippen LogP contribution in [-0.4, -0.2) is 78.1 Å². The second kappa shape index (κ2) is 19.3. The topological polar surface area (TPSA) is 122 Å². The molecule has 0 aromatic heterocycles. The lowest BCUT2D eigenvalue weighted by Gasteiger charge is -2.23. The van der Waals surface area contributed by atoms with Crippen LogP contribution in [0.1, 0.15) is 45.4 Å². The average Bonchev–Trinajstić information content (AvgIpc) is 2.98. The lowest BCUT2D eigenvalue weighted by Crippen LogP contribution is -2.41. The molecule has 4 N–H and O–H groups in total. The molecule has 0 aliphatic rings. The smallest absolute Gasteiger partial charge is 0.319 e. The molecule has 0 aliphatic heterocycles. The van der Waals surface area contributed by atoms with E-state index in [2.05, 4.69) is 33.1 Å². The van der Waals surface area contributed by atoms with Crippen LogP contribution in [0.4, 0.5) is 21.0 Å². The predicted molar refractivity (Wildman–Crippen MR) is 163 cm³/mol. The highest BCUT2D eigenvalue weighted by Gasteiger charge is 2.11. The number of carbonyl (C=O) groups excluding carboxylic acids is 2. The number of carbonyl (C=O) groups is 2. The first-order chi connectivity index (χ1) is 19.9. The van der Waals surface area contributed by atoms with Crippen molar-refractivity contribution in [2.75, 3.05) is 71.8 Å². The number of unbranched alkanes of at least 4 members (excludes halogenated alkanes) is 5. The van der Waals surface area contributed by atoms with Crippen molar-refractivity contribution in [3.63, 3.8) is 0 Å². The highest BCUT2D eigenvalue weighted by Crippen LogP contribution is 2.30. The number of benzene rings is 2. The third-order valence-corrected chi connectivity index (χ3v) is 6.54. The van der Waals surface area contributed by atoms with Gasteiger partial charge in [-0.1, -0.05) is 39.0 Å². The predicted octanol–water partition coefficient (Wildman–Crippen LogP) is 5.33. The monoisotopic (exact) mass is 573 g/mol. The molecule has 2 aromatic carbocycles. The lowest BCUT2D eigenvalue weighted by molar-refractivity contribution is 0.239. The first-order valence-corrected chi connectivity index (χ1v) is 14.2. The van der Waals surface area contributed by atoms with Gasteiger partial charge in [0.05, 0.1) is 28.4 Å². The third kappa shape index (κ3) is 12.5. The van der Waals surface area contributed by atoms with Crippen LogP contribution in [0.15, 0.2) is 36.4 Å². The molecule has 0 spiro atoms. The highest BCUT2D eigenvalue weighted by molar-refractivity contribution is 5.90. The zero-order valence-corrected chi connectivity index (χ0v) is 25.1. The van der Waals surface area contributed by atoms with E-state index in [1.807, 2.05) is 0 Å². The van der Waals surface area contributed by atoms with Gasteiger partial charge in [-0.3, -0.25) is 4.90 Å². The normalized spacial score (nSPS) is 10.6. The van der Waals surface area contributed by atoms with Crippen LogP contribution in [0, 0.1) is 0 Å². The molecule has 2 aromatic rings. The Morgan fingerprint density at radius 1 is 0.610 bits per heavy atom. The summed E-state index contributed by atoms with van der Waals surface area (Å²) < 4.78 is 21.1. The largest absolute Gasteiger partial charge is 0.493 e. The number of urea groups is 2. The molecule has 11 nitrogen and oxygen atoms in total. The van der Waals surface area contributed by atoms with Crippen LogP contribution < -0.4 is 40.2 Å². The van der Waals surface area contributed by atoms with E-state index in [0.717, 1.165) is 19.4 Å². The fraction of sp³-hybridized carbons (Fsp3) is 0.533. The Bertz CT molecular complexity index is 992. The van der Waals surface area contributed by atoms with Crippen molar-refractivity contribution in [3.8, 4) is 23.0 Å². The van der Waals surface area contributed by atoms with Crippen molar-refractivity contribution in [2.24, 2.45) is 0 Å². The van der Waals surface area contributed by atoms with Gasteiger partial charge in [-0.25, -0.2) is 9.59 Å². The number of nitrogens with zero attached hydrogens (tertiary/aromatic N) is 1. The van der Waals surface area contributed by atoms with Crippen LogP contribution in [0.25, 0.3) is 0 Å². The van der Waals surface area contributed by atoms with Gasteiger partial charge in [0.2, 0.25) is 0 Å². The molecule has 2 rings (SSSR count). The van der Waals surface area contributed by atoms with E-state index in [4.69, 9.17) is 18.9 Å². The average molecular weight is 574 g/mol. The molecule has 0 radical (unpaired) electrons. The van der Waals surface area contributed by atoms with E-state index >= 15 is 0 Å². The number of ether oxygens (including phenoxy) is 4. The molecular weight excluding hydrogens is 526 g/mol. The summed E-state index contributed by atoms with van der Waals surface area (Å²) in [4.78, 5) is 27.2. The molecule has 0 fully saturated rings. The first-order valence-electron chi connectivity index (χ1n) is 14.2. The molecule has 11 heteroatoms. The molecule has 0 saturated heterocycles. The van der Waals surface area contributed by atoms with Crippen molar-refractivity contribution >= 4 is 23.4 Å². The Labute approximate surface area is 244 Å². The van der Waals surface area contributed by atoms with Crippen molar-refractivity contribution in [1.29, 1.82) is 0 Å². The maximum Gasteiger partial charge on any atom is 0.319 e. The van der Waals surface area contributed by atoms with Crippen molar-refractivity contribution < 1.29 is 28.5 Å². The molecule has 4 amide bonds. The summed E-state index contributed by atoms with van der Waals surface area (Å²) in [7, 11) is 6.23. The lowest BCUT2D eigenvalue weighted by atomic mass is 10.1.